The van der Waals surface area contributed by atoms with Gasteiger partial charge < -0.3 is 4.90 Å². The van der Waals surface area contributed by atoms with Crippen molar-refractivity contribution in [2.45, 2.75) is 32.7 Å². The topological polar surface area (TPSA) is 57.7 Å². The standard InChI is InChI=1S/C16H23FN2O3S/c1-12-7-9-18(10-8-12)16(20)13(2)19(23(3,21)22)15-6-4-5-14(17)11-15/h4-6,11-13H,7-10H2,1-3H3. The van der Waals surface area contributed by atoms with Crippen molar-refractivity contribution >= 4 is 21.6 Å². The van der Waals surface area contributed by atoms with Crippen LogP contribution in [0.5, 0.6) is 0 Å². The van der Waals surface area contributed by atoms with Crippen molar-refractivity contribution in [2.75, 3.05) is 23.7 Å². The number of piperidine rings is 1. The Kier molecular flexibility index (Phi) is 5.29. The van der Waals surface area contributed by atoms with Gasteiger partial charge in [0.1, 0.15) is 11.9 Å². The van der Waals surface area contributed by atoms with E-state index in [2.05, 4.69) is 6.92 Å². The second-order valence-electron chi connectivity index (χ2n) is 6.22. The lowest BCUT2D eigenvalue weighted by molar-refractivity contribution is -0.133. The molecule has 7 heteroatoms. The van der Waals surface area contributed by atoms with Crippen molar-refractivity contribution in [1.82, 2.24) is 4.90 Å². The van der Waals surface area contributed by atoms with Gasteiger partial charge >= 0.3 is 0 Å². The van der Waals surface area contributed by atoms with Crippen LogP contribution in [0.4, 0.5) is 10.1 Å². The summed E-state index contributed by atoms with van der Waals surface area (Å²) in [6, 6.07) is 4.39. The zero-order chi connectivity index (χ0) is 17.2. The molecule has 1 saturated heterocycles. The molecule has 0 N–H and O–H groups in total. The number of sulfonamides is 1. The van der Waals surface area contributed by atoms with Crippen molar-refractivity contribution in [1.29, 1.82) is 0 Å². The number of halogens is 1. The van der Waals surface area contributed by atoms with E-state index in [-0.39, 0.29) is 11.6 Å². The van der Waals surface area contributed by atoms with Gasteiger partial charge in [0.15, 0.2) is 0 Å². The fourth-order valence-electron chi connectivity index (χ4n) is 2.91. The molecule has 5 nitrogen and oxygen atoms in total. The Labute approximate surface area is 137 Å². The zero-order valence-corrected chi connectivity index (χ0v) is 14.5. The Bertz CT molecular complexity index is 670. The molecule has 0 aliphatic carbocycles. The van der Waals surface area contributed by atoms with Gasteiger partial charge in [-0.3, -0.25) is 9.10 Å². The molecule has 0 aromatic heterocycles. The minimum absolute atomic E-state index is 0.165. The molecule has 1 aromatic carbocycles. The average Bonchev–Trinajstić information content (AvgIpc) is 2.46. The lowest BCUT2D eigenvalue weighted by Gasteiger charge is -2.35. The molecule has 128 valence electrons. The van der Waals surface area contributed by atoms with Gasteiger partial charge in [0.05, 0.1) is 11.9 Å². The molecule has 23 heavy (non-hydrogen) atoms. The third kappa shape index (κ3) is 4.22. The molecule has 1 unspecified atom stereocenters. The summed E-state index contributed by atoms with van der Waals surface area (Å²) in [5.41, 5.74) is 0.165. The molecule has 2 rings (SSSR count). The van der Waals surface area contributed by atoms with E-state index in [1.807, 2.05) is 0 Å². The number of nitrogens with zero attached hydrogens (tertiary/aromatic N) is 2. The van der Waals surface area contributed by atoms with Crippen molar-refractivity contribution < 1.29 is 17.6 Å². The van der Waals surface area contributed by atoms with Crippen LogP contribution < -0.4 is 4.31 Å². The van der Waals surface area contributed by atoms with Crippen LogP contribution in [0.15, 0.2) is 24.3 Å². The smallest absolute Gasteiger partial charge is 0.246 e. The van der Waals surface area contributed by atoms with E-state index in [4.69, 9.17) is 0 Å². The fraction of sp³-hybridized carbons (Fsp3) is 0.562. The molecule has 1 aliphatic heterocycles. The molecule has 0 bridgehead atoms. The van der Waals surface area contributed by atoms with Gasteiger partial charge in [0, 0.05) is 13.1 Å². The second kappa shape index (κ2) is 6.86. The minimum Gasteiger partial charge on any atom is -0.341 e. The summed E-state index contributed by atoms with van der Waals surface area (Å²) in [5.74, 6) is -0.210. The molecule has 0 radical (unpaired) electrons. The van der Waals surface area contributed by atoms with Crippen molar-refractivity contribution in [3.05, 3.63) is 30.1 Å². The lowest BCUT2D eigenvalue weighted by Crippen LogP contribution is -2.51. The molecule has 1 aromatic rings. The molecule has 1 fully saturated rings. The van der Waals surface area contributed by atoms with Crippen LogP contribution in [-0.2, 0) is 14.8 Å². The van der Waals surface area contributed by atoms with Crippen LogP contribution in [0.25, 0.3) is 0 Å². The van der Waals surface area contributed by atoms with Crippen LogP contribution in [0, 0.1) is 11.7 Å². The van der Waals surface area contributed by atoms with Crippen LogP contribution >= 0.6 is 0 Å². The summed E-state index contributed by atoms with van der Waals surface area (Å²) in [7, 11) is -3.71. The number of benzene rings is 1. The molecule has 1 amide bonds. The number of anilines is 1. The molecule has 1 heterocycles. The number of hydrogen-bond donors (Lipinski definition) is 0. The second-order valence-corrected chi connectivity index (χ2v) is 8.08. The summed E-state index contributed by atoms with van der Waals surface area (Å²) in [4.78, 5) is 14.4. The van der Waals surface area contributed by atoms with Gasteiger partial charge in [-0.2, -0.15) is 0 Å². The Morgan fingerprint density at radius 2 is 1.96 bits per heavy atom. The van der Waals surface area contributed by atoms with E-state index in [0.717, 1.165) is 29.5 Å². The molecule has 1 atom stereocenters. The van der Waals surface area contributed by atoms with Crippen LogP contribution in [0.3, 0.4) is 0 Å². The highest BCUT2D eigenvalue weighted by atomic mass is 32.2. The van der Waals surface area contributed by atoms with Crippen LogP contribution in [-0.4, -0.2) is 44.6 Å². The van der Waals surface area contributed by atoms with Gasteiger partial charge in [0.25, 0.3) is 0 Å². The largest absolute Gasteiger partial charge is 0.341 e. The Balaban J connectivity index is 2.27. The summed E-state index contributed by atoms with van der Waals surface area (Å²) >= 11 is 0. The number of rotatable bonds is 4. The first-order valence-corrected chi connectivity index (χ1v) is 9.58. The van der Waals surface area contributed by atoms with Gasteiger partial charge in [0.2, 0.25) is 15.9 Å². The van der Waals surface area contributed by atoms with E-state index < -0.39 is 21.9 Å². The zero-order valence-electron chi connectivity index (χ0n) is 13.7. The third-order valence-electron chi connectivity index (χ3n) is 4.22. The highest BCUT2D eigenvalue weighted by Gasteiger charge is 2.33. The molecule has 0 spiro atoms. The van der Waals surface area contributed by atoms with Gasteiger partial charge in [-0.05, 0) is 43.9 Å². The highest BCUT2D eigenvalue weighted by Crippen LogP contribution is 2.24. The maximum atomic E-state index is 13.5. The Hall–Kier alpha value is -1.63. The maximum Gasteiger partial charge on any atom is 0.246 e. The minimum atomic E-state index is -3.71. The predicted molar refractivity (Wildman–Crippen MR) is 88.2 cm³/mol. The normalized spacial score (nSPS) is 17.8. The van der Waals surface area contributed by atoms with E-state index in [1.165, 1.54) is 18.2 Å². The summed E-state index contributed by atoms with van der Waals surface area (Å²) < 4.78 is 38.8. The van der Waals surface area contributed by atoms with Crippen LogP contribution in [0.2, 0.25) is 0 Å². The van der Waals surface area contributed by atoms with Crippen LogP contribution in [0.1, 0.15) is 26.7 Å². The monoisotopic (exact) mass is 342 g/mol. The predicted octanol–water partition coefficient (Wildman–Crippen LogP) is 2.24. The maximum absolute atomic E-state index is 13.5. The Morgan fingerprint density at radius 1 is 1.35 bits per heavy atom. The average molecular weight is 342 g/mol. The summed E-state index contributed by atoms with van der Waals surface area (Å²) in [6.07, 6.45) is 2.86. The molecule has 1 aliphatic rings. The first-order valence-electron chi connectivity index (χ1n) is 7.74. The van der Waals surface area contributed by atoms with E-state index in [0.29, 0.717) is 19.0 Å². The van der Waals surface area contributed by atoms with Gasteiger partial charge in [-0.15, -0.1) is 0 Å². The van der Waals surface area contributed by atoms with E-state index >= 15 is 0 Å². The third-order valence-corrected chi connectivity index (χ3v) is 5.47. The number of amides is 1. The van der Waals surface area contributed by atoms with E-state index in [9.17, 15) is 17.6 Å². The van der Waals surface area contributed by atoms with Crippen molar-refractivity contribution in [3.8, 4) is 0 Å². The Morgan fingerprint density at radius 3 is 2.48 bits per heavy atom. The number of carbonyl (C=O) groups is 1. The van der Waals surface area contributed by atoms with Gasteiger partial charge in [-0.1, -0.05) is 13.0 Å². The molecular weight excluding hydrogens is 319 g/mol. The first-order chi connectivity index (χ1) is 10.7. The number of carbonyl (C=O) groups excluding carboxylic acids is 1. The van der Waals surface area contributed by atoms with Crippen molar-refractivity contribution in [2.24, 2.45) is 5.92 Å². The molecular formula is C16H23FN2O3S. The summed E-state index contributed by atoms with van der Waals surface area (Å²) in [5, 5.41) is 0. The highest BCUT2D eigenvalue weighted by molar-refractivity contribution is 7.92. The number of likely N-dealkylation sites (tertiary alicyclic amines) is 1. The number of hydrogen-bond acceptors (Lipinski definition) is 3. The quantitative estimate of drug-likeness (QED) is 0.843. The summed E-state index contributed by atoms with van der Waals surface area (Å²) in [6.45, 7) is 4.95. The fourth-order valence-corrected chi connectivity index (χ4v) is 4.07. The SMILES string of the molecule is CC1CCN(C(=O)C(C)N(c2cccc(F)c2)S(C)(=O)=O)CC1. The lowest BCUT2D eigenvalue weighted by atomic mass is 9.99. The van der Waals surface area contributed by atoms with E-state index in [1.54, 1.807) is 11.8 Å². The van der Waals surface area contributed by atoms with Gasteiger partial charge in [-0.25, -0.2) is 12.8 Å². The first kappa shape index (κ1) is 17.7. The molecule has 0 saturated carbocycles. The van der Waals surface area contributed by atoms with Crippen molar-refractivity contribution in [3.63, 3.8) is 0 Å².